The summed E-state index contributed by atoms with van der Waals surface area (Å²) in [7, 11) is 0. The van der Waals surface area contributed by atoms with E-state index in [1.165, 1.54) is 6.07 Å². The van der Waals surface area contributed by atoms with Crippen LogP contribution >= 0.6 is 0 Å². The molecule has 1 rings (SSSR count). The van der Waals surface area contributed by atoms with Crippen LogP contribution in [0.1, 0.15) is 39.7 Å². The molecule has 0 aliphatic carbocycles. The Balaban J connectivity index is 2.49. The third kappa shape index (κ3) is 4.65. The Bertz CT molecular complexity index is 390. The van der Waals surface area contributed by atoms with Crippen LogP contribution in [0.3, 0.4) is 0 Å². The topological polar surface area (TPSA) is 21.3 Å². The van der Waals surface area contributed by atoms with Crippen molar-refractivity contribution in [2.45, 2.75) is 52.7 Å². The summed E-state index contributed by atoms with van der Waals surface area (Å²) in [6, 6.07) is 4.85. The van der Waals surface area contributed by atoms with E-state index in [1.54, 1.807) is 19.1 Å². The van der Waals surface area contributed by atoms with Crippen LogP contribution in [0.15, 0.2) is 18.2 Å². The van der Waals surface area contributed by atoms with Gasteiger partial charge < -0.3 is 10.1 Å². The molecule has 0 bridgehead atoms. The molecule has 0 aromatic heterocycles. The Hall–Kier alpha value is -1.09. The van der Waals surface area contributed by atoms with Gasteiger partial charge >= 0.3 is 0 Å². The maximum atomic E-state index is 13.1. The number of halogens is 1. The average Bonchev–Trinajstić information content (AvgIpc) is 2.32. The van der Waals surface area contributed by atoms with Crippen molar-refractivity contribution in [1.29, 1.82) is 0 Å². The molecule has 2 nitrogen and oxygen atoms in total. The molecular weight excluding hydrogens is 229 g/mol. The Morgan fingerprint density at radius 1 is 1.39 bits per heavy atom. The van der Waals surface area contributed by atoms with Crippen LogP contribution in [-0.4, -0.2) is 18.2 Å². The van der Waals surface area contributed by atoms with Crippen molar-refractivity contribution in [2.24, 2.45) is 0 Å². The maximum absolute atomic E-state index is 13.1. The molecule has 3 heteroatoms. The monoisotopic (exact) mass is 253 g/mol. The normalized spacial score (nSPS) is 13.4. The van der Waals surface area contributed by atoms with E-state index in [-0.39, 0.29) is 17.5 Å². The van der Waals surface area contributed by atoms with Crippen LogP contribution in [0.4, 0.5) is 4.39 Å². The third-order valence-corrected chi connectivity index (χ3v) is 3.22. The molecule has 1 N–H and O–H groups in total. The van der Waals surface area contributed by atoms with Gasteiger partial charge in [0.25, 0.3) is 0 Å². The predicted molar refractivity (Wildman–Crippen MR) is 73.6 cm³/mol. The molecular formula is C15H24FNO. The van der Waals surface area contributed by atoms with Gasteiger partial charge in [0, 0.05) is 12.1 Å². The molecule has 0 amide bonds. The van der Waals surface area contributed by atoms with E-state index in [2.05, 4.69) is 26.1 Å². The first-order valence-electron chi connectivity index (χ1n) is 6.52. The SMILES string of the molecule is CCC(C)(C)NCC(C)Oc1ccc(F)c(C)c1. The van der Waals surface area contributed by atoms with E-state index in [0.29, 0.717) is 5.56 Å². The van der Waals surface area contributed by atoms with E-state index < -0.39 is 0 Å². The average molecular weight is 253 g/mol. The lowest BCUT2D eigenvalue weighted by atomic mass is 10.0. The van der Waals surface area contributed by atoms with Gasteiger partial charge in [-0.2, -0.15) is 0 Å². The van der Waals surface area contributed by atoms with Gasteiger partial charge in [0.2, 0.25) is 0 Å². The number of hydrogen-bond donors (Lipinski definition) is 1. The van der Waals surface area contributed by atoms with Gasteiger partial charge in [0.1, 0.15) is 17.7 Å². The van der Waals surface area contributed by atoms with Crippen LogP contribution < -0.4 is 10.1 Å². The Labute approximate surface area is 110 Å². The fraction of sp³-hybridized carbons (Fsp3) is 0.600. The fourth-order valence-electron chi connectivity index (χ4n) is 1.51. The molecule has 1 aromatic rings. The molecule has 1 aromatic carbocycles. The fourth-order valence-corrected chi connectivity index (χ4v) is 1.51. The second-order valence-corrected chi connectivity index (χ2v) is 5.46. The Kier molecular flexibility index (Phi) is 5.15. The van der Waals surface area contributed by atoms with Gasteiger partial charge in [0.05, 0.1) is 0 Å². The van der Waals surface area contributed by atoms with E-state index in [9.17, 15) is 4.39 Å². The van der Waals surface area contributed by atoms with Crippen LogP contribution in [-0.2, 0) is 0 Å². The van der Waals surface area contributed by atoms with Crippen molar-refractivity contribution in [3.05, 3.63) is 29.6 Å². The van der Waals surface area contributed by atoms with Crippen LogP contribution in [0.5, 0.6) is 5.75 Å². The van der Waals surface area contributed by atoms with Crippen molar-refractivity contribution in [1.82, 2.24) is 5.32 Å². The zero-order valence-electron chi connectivity index (χ0n) is 12.0. The molecule has 0 spiro atoms. The first kappa shape index (κ1) is 15.0. The van der Waals surface area contributed by atoms with E-state index >= 15 is 0 Å². The minimum absolute atomic E-state index is 0.0562. The summed E-state index contributed by atoms with van der Waals surface area (Å²) in [5, 5.41) is 3.46. The van der Waals surface area contributed by atoms with Crippen LogP contribution in [0.25, 0.3) is 0 Å². The molecule has 0 aliphatic heterocycles. The van der Waals surface area contributed by atoms with Crippen LogP contribution in [0, 0.1) is 12.7 Å². The molecule has 0 radical (unpaired) electrons. The lowest BCUT2D eigenvalue weighted by molar-refractivity contribution is 0.198. The summed E-state index contributed by atoms with van der Waals surface area (Å²) in [5.74, 6) is 0.526. The van der Waals surface area contributed by atoms with E-state index in [1.807, 2.05) is 6.92 Å². The summed E-state index contributed by atoms with van der Waals surface area (Å²) < 4.78 is 18.9. The van der Waals surface area contributed by atoms with Gasteiger partial charge in [-0.15, -0.1) is 0 Å². The lowest BCUT2D eigenvalue weighted by Gasteiger charge is -2.27. The Morgan fingerprint density at radius 3 is 2.61 bits per heavy atom. The number of ether oxygens (including phenoxy) is 1. The zero-order chi connectivity index (χ0) is 13.8. The smallest absolute Gasteiger partial charge is 0.126 e. The highest BCUT2D eigenvalue weighted by Gasteiger charge is 2.15. The second kappa shape index (κ2) is 6.19. The molecule has 0 fully saturated rings. The van der Waals surface area contributed by atoms with Crippen molar-refractivity contribution in [3.8, 4) is 5.75 Å². The lowest BCUT2D eigenvalue weighted by Crippen LogP contribution is -2.43. The molecule has 1 atom stereocenters. The number of aryl methyl sites for hydroxylation is 1. The summed E-state index contributed by atoms with van der Waals surface area (Å²) in [6.07, 6.45) is 1.12. The van der Waals surface area contributed by atoms with Gasteiger partial charge in [-0.25, -0.2) is 4.39 Å². The van der Waals surface area contributed by atoms with E-state index in [0.717, 1.165) is 18.7 Å². The van der Waals surface area contributed by atoms with Gasteiger partial charge in [0.15, 0.2) is 0 Å². The second-order valence-electron chi connectivity index (χ2n) is 5.46. The van der Waals surface area contributed by atoms with Crippen molar-refractivity contribution in [3.63, 3.8) is 0 Å². The first-order valence-corrected chi connectivity index (χ1v) is 6.52. The summed E-state index contributed by atoms with van der Waals surface area (Å²) in [5.41, 5.74) is 0.734. The highest BCUT2D eigenvalue weighted by Crippen LogP contribution is 2.17. The number of rotatable bonds is 6. The minimum Gasteiger partial charge on any atom is -0.489 e. The van der Waals surface area contributed by atoms with Gasteiger partial charge in [-0.3, -0.25) is 0 Å². The predicted octanol–water partition coefficient (Wildman–Crippen LogP) is 3.68. The first-order chi connectivity index (χ1) is 8.34. The quantitative estimate of drug-likeness (QED) is 0.835. The molecule has 0 heterocycles. The van der Waals surface area contributed by atoms with Gasteiger partial charge in [-0.1, -0.05) is 6.92 Å². The van der Waals surface area contributed by atoms with E-state index in [4.69, 9.17) is 4.74 Å². The highest BCUT2D eigenvalue weighted by atomic mass is 19.1. The van der Waals surface area contributed by atoms with Crippen molar-refractivity contribution >= 4 is 0 Å². The zero-order valence-corrected chi connectivity index (χ0v) is 12.0. The number of benzene rings is 1. The summed E-state index contributed by atoms with van der Waals surface area (Å²) in [6.45, 7) is 11.0. The molecule has 1 unspecified atom stereocenters. The highest BCUT2D eigenvalue weighted by molar-refractivity contribution is 5.28. The molecule has 0 aliphatic rings. The standard InChI is InChI=1S/C15H24FNO/c1-6-15(4,5)17-10-12(3)18-13-7-8-14(16)11(2)9-13/h7-9,12,17H,6,10H2,1-5H3. The van der Waals surface area contributed by atoms with Crippen LogP contribution in [0.2, 0.25) is 0 Å². The third-order valence-electron chi connectivity index (χ3n) is 3.22. The number of hydrogen-bond acceptors (Lipinski definition) is 2. The maximum Gasteiger partial charge on any atom is 0.126 e. The molecule has 102 valence electrons. The largest absolute Gasteiger partial charge is 0.489 e. The van der Waals surface area contributed by atoms with Gasteiger partial charge in [-0.05, 0) is 57.9 Å². The number of nitrogens with one attached hydrogen (secondary N) is 1. The summed E-state index contributed by atoms with van der Waals surface area (Å²) in [4.78, 5) is 0. The van der Waals surface area contributed by atoms with Crippen molar-refractivity contribution in [2.75, 3.05) is 6.54 Å². The minimum atomic E-state index is -0.194. The summed E-state index contributed by atoms with van der Waals surface area (Å²) >= 11 is 0. The Morgan fingerprint density at radius 2 is 2.06 bits per heavy atom. The van der Waals surface area contributed by atoms with Crippen molar-refractivity contribution < 1.29 is 9.13 Å². The molecule has 18 heavy (non-hydrogen) atoms. The molecule has 0 saturated carbocycles. The molecule has 0 saturated heterocycles.